The molecule has 0 aliphatic heterocycles. The smallest absolute Gasteiger partial charge is 0.132 e. The molecule has 0 saturated carbocycles. The highest BCUT2D eigenvalue weighted by Gasteiger charge is 2.10. The first-order valence-corrected chi connectivity index (χ1v) is 8.19. The zero-order chi connectivity index (χ0) is 15.2. The largest absolute Gasteiger partial charge is 0.310 e. The summed E-state index contributed by atoms with van der Waals surface area (Å²) in [6, 6.07) is 8.59. The van der Waals surface area contributed by atoms with Crippen molar-refractivity contribution in [3.05, 3.63) is 57.6 Å². The van der Waals surface area contributed by atoms with Crippen LogP contribution in [0.1, 0.15) is 49.0 Å². The van der Waals surface area contributed by atoms with Crippen molar-refractivity contribution in [2.45, 2.75) is 39.7 Å². The van der Waals surface area contributed by atoms with E-state index < -0.39 is 0 Å². The summed E-state index contributed by atoms with van der Waals surface area (Å²) in [7, 11) is 0. The SMILES string of the molecule is CCCNC(C)c1cnc(Cc2ccc(Br)cc2)nc1C. The number of aromatic nitrogens is 2. The van der Waals surface area contributed by atoms with Gasteiger partial charge in [0.2, 0.25) is 0 Å². The molecular formula is C17H22BrN3. The van der Waals surface area contributed by atoms with Crippen molar-refractivity contribution < 1.29 is 0 Å². The number of aryl methyl sites for hydroxylation is 1. The molecule has 0 aliphatic carbocycles. The van der Waals surface area contributed by atoms with Crippen LogP contribution in [0.2, 0.25) is 0 Å². The van der Waals surface area contributed by atoms with Crippen LogP contribution in [0, 0.1) is 6.92 Å². The second kappa shape index (κ2) is 7.66. The standard InChI is InChI=1S/C17H22BrN3/c1-4-9-19-12(2)16-11-20-17(21-13(16)3)10-14-5-7-15(18)8-6-14/h5-8,11-12,19H,4,9-10H2,1-3H3. The summed E-state index contributed by atoms with van der Waals surface area (Å²) < 4.78 is 1.09. The van der Waals surface area contributed by atoms with E-state index in [1.807, 2.05) is 18.3 Å². The molecule has 4 heteroatoms. The lowest BCUT2D eigenvalue weighted by Crippen LogP contribution is -2.21. The molecule has 1 aromatic heterocycles. The number of benzene rings is 1. The summed E-state index contributed by atoms with van der Waals surface area (Å²) in [5, 5.41) is 3.48. The van der Waals surface area contributed by atoms with Gasteiger partial charge in [-0.3, -0.25) is 0 Å². The van der Waals surface area contributed by atoms with Crippen molar-refractivity contribution in [1.82, 2.24) is 15.3 Å². The van der Waals surface area contributed by atoms with E-state index in [-0.39, 0.29) is 0 Å². The molecule has 1 aromatic carbocycles. The Morgan fingerprint density at radius 1 is 1.24 bits per heavy atom. The van der Waals surface area contributed by atoms with Gasteiger partial charge in [-0.1, -0.05) is 35.0 Å². The third-order valence-corrected chi connectivity index (χ3v) is 4.04. The fourth-order valence-electron chi connectivity index (χ4n) is 2.29. The Morgan fingerprint density at radius 3 is 2.57 bits per heavy atom. The summed E-state index contributed by atoms with van der Waals surface area (Å²) in [6.45, 7) is 7.41. The van der Waals surface area contributed by atoms with E-state index >= 15 is 0 Å². The fourth-order valence-corrected chi connectivity index (χ4v) is 2.55. The van der Waals surface area contributed by atoms with Gasteiger partial charge in [-0.25, -0.2) is 9.97 Å². The van der Waals surface area contributed by atoms with Crippen LogP contribution in [0.4, 0.5) is 0 Å². The minimum absolute atomic E-state index is 0.298. The summed E-state index contributed by atoms with van der Waals surface area (Å²) in [5.74, 6) is 0.876. The van der Waals surface area contributed by atoms with Crippen molar-refractivity contribution in [2.24, 2.45) is 0 Å². The van der Waals surface area contributed by atoms with Gasteiger partial charge in [-0.2, -0.15) is 0 Å². The minimum atomic E-state index is 0.298. The molecule has 0 spiro atoms. The molecule has 21 heavy (non-hydrogen) atoms. The van der Waals surface area contributed by atoms with Gasteiger partial charge in [0.05, 0.1) is 0 Å². The van der Waals surface area contributed by atoms with Crippen molar-refractivity contribution in [1.29, 1.82) is 0 Å². The first kappa shape index (κ1) is 16.1. The predicted molar refractivity (Wildman–Crippen MR) is 90.4 cm³/mol. The first-order valence-electron chi connectivity index (χ1n) is 7.40. The highest BCUT2D eigenvalue weighted by molar-refractivity contribution is 9.10. The summed E-state index contributed by atoms with van der Waals surface area (Å²) >= 11 is 3.45. The topological polar surface area (TPSA) is 37.8 Å². The van der Waals surface area contributed by atoms with Crippen molar-refractivity contribution in [3.8, 4) is 0 Å². The lowest BCUT2D eigenvalue weighted by molar-refractivity contribution is 0.563. The second-order valence-electron chi connectivity index (χ2n) is 5.31. The Kier molecular flexibility index (Phi) is 5.88. The molecule has 0 fully saturated rings. The molecule has 1 heterocycles. The maximum absolute atomic E-state index is 4.66. The van der Waals surface area contributed by atoms with Crippen LogP contribution in [0.5, 0.6) is 0 Å². The van der Waals surface area contributed by atoms with Crippen LogP contribution in [0.25, 0.3) is 0 Å². The third-order valence-electron chi connectivity index (χ3n) is 3.51. The highest BCUT2D eigenvalue weighted by Crippen LogP contribution is 2.17. The van der Waals surface area contributed by atoms with E-state index in [0.717, 1.165) is 35.4 Å². The lowest BCUT2D eigenvalue weighted by atomic mass is 10.1. The number of nitrogens with zero attached hydrogens (tertiary/aromatic N) is 2. The van der Waals surface area contributed by atoms with Crippen molar-refractivity contribution in [2.75, 3.05) is 6.54 Å². The fraction of sp³-hybridized carbons (Fsp3) is 0.412. The molecular weight excluding hydrogens is 326 g/mol. The van der Waals surface area contributed by atoms with Crippen LogP contribution >= 0.6 is 15.9 Å². The summed E-state index contributed by atoms with van der Waals surface area (Å²) in [5.41, 5.74) is 3.47. The average Bonchev–Trinajstić information content (AvgIpc) is 2.47. The molecule has 1 atom stereocenters. The molecule has 1 N–H and O–H groups in total. The molecule has 0 saturated heterocycles. The zero-order valence-electron chi connectivity index (χ0n) is 12.9. The van der Waals surface area contributed by atoms with Crippen LogP contribution in [-0.2, 0) is 6.42 Å². The first-order chi connectivity index (χ1) is 10.1. The minimum Gasteiger partial charge on any atom is -0.310 e. The Labute approximate surface area is 135 Å². The van der Waals surface area contributed by atoms with E-state index in [4.69, 9.17) is 0 Å². The van der Waals surface area contributed by atoms with E-state index in [2.05, 4.69) is 64.1 Å². The lowest BCUT2D eigenvalue weighted by Gasteiger charge is -2.15. The van der Waals surface area contributed by atoms with Gasteiger partial charge in [0, 0.05) is 34.4 Å². The predicted octanol–water partition coefficient (Wildman–Crippen LogP) is 4.20. The van der Waals surface area contributed by atoms with E-state index in [1.165, 1.54) is 11.1 Å². The monoisotopic (exact) mass is 347 g/mol. The Balaban J connectivity index is 2.09. The van der Waals surface area contributed by atoms with Gasteiger partial charge in [-0.05, 0) is 44.5 Å². The number of nitrogens with one attached hydrogen (secondary N) is 1. The summed E-state index contributed by atoms with van der Waals surface area (Å²) in [6.07, 6.45) is 3.86. The van der Waals surface area contributed by atoms with Gasteiger partial charge in [0.25, 0.3) is 0 Å². The second-order valence-corrected chi connectivity index (χ2v) is 6.22. The summed E-state index contributed by atoms with van der Waals surface area (Å²) in [4.78, 5) is 9.18. The molecule has 112 valence electrons. The Bertz CT molecular complexity index is 581. The van der Waals surface area contributed by atoms with Gasteiger partial charge in [-0.15, -0.1) is 0 Å². The highest BCUT2D eigenvalue weighted by atomic mass is 79.9. The number of hydrogen-bond donors (Lipinski definition) is 1. The van der Waals surface area contributed by atoms with Crippen LogP contribution < -0.4 is 5.32 Å². The zero-order valence-corrected chi connectivity index (χ0v) is 14.4. The third kappa shape index (κ3) is 4.61. The van der Waals surface area contributed by atoms with E-state index in [9.17, 15) is 0 Å². The van der Waals surface area contributed by atoms with Crippen molar-refractivity contribution >= 4 is 15.9 Å². The number of rotatable bonds is 6. The van der Waals surface area contributed by atoms with Crippen LogP contribution in [0.3, 0.4) is 0 Å². The van der Waals surface area contributed by atoms with E-state index in [0.29, 0.717) is 6.04 Å². The van der Waals surface area contributed by atoms with Crippen molar-refractivity contribution in [3.63, 3.8) is 0 Å². The maximum Gasteiger partial charge on any atom is 0.132 e. The molecule has 1 unspecified atom stereocenters. The van der Waals surface area contributed by atoms with Gasteiger partial charge in [0.15, 0.2) is 0 Å². The normalized spacial score (nSPS) is 12.4. The number of hydrogen-bond acceptors (Lipinski definition) is 3. The quantitative estimate of drug-likeness (QED) is 0.850. The Morgan fingerprint density at radius 2 is 1.95 bits per heavy atom. The molecule has 2 aromatic rings. The maximum atomic E-state index is 4.66. The molecule has 3 nitrogen and oxygen atoms in total. The van der Waals surface area contributed by atoms with Crippen LogP contribution in [0.15, 0.2) is 34.9 Å². The van der Waals surface area contributed by atoms with E-state index in [1.54, 1.807) is 0 Å². The average molecular weight is 348 g/mol. The Hall–Kier alpha value is -1.26. The molecule has 0 aliphatic rings. The molecule has 0 amide bonds. The van der Waals surface area contributed by atoms with Crippen LogP contribution in [-0.4, -0.2) is 16.5 Å². The molecule has 0 radical (unpaired) electrons. The molecule has 0 bridgehead atoms. The van der Waals surface area contributed by atoms with Gasteiger partial charge >= 0.3 is 0 Å². The number of halogens is 1. The van der Waals surface area contributed by atoms with Gasteiger partial charge in [0.1, 0.15) is 5.82 Å². The van der Waals surface area contributed by atoms with Gasteiger partial charge < -0.3 is 5.32 Å². The molecule has 2 rings (SSSR count).